The van der Waals surface area contributed by atoms with Crippen LogP contribution in [0.15, 0.2) is 52.4 Å². The second-order valence-electron chi connectivity index (χ2n) is 10.5. The van der Waals surface area contributed by atoms with Gasteiger partial charge in [-0.25, -0.2) is 8.42 Å². The molecule has 2 aromatic carbocycles. The van der Waals surface area contributed by atoms with Gasteiger partial charge in [0.15, 0.2) is 17.6 Å². The number of hydrogen-bond donors (Lipinski definition) is 1. The van der Waals surface area contributed by atoms with Crippen molar-refractivity contribution in [3.63, 3.8) is 0 Å². The lowest BCUT2D eigenvalue weighted by Crippen LogP contribution is -2.52. The van der Waals surface area contributed by atoms with Crippen molar-refractivity contribution in [2.24, 2.45) is 0 Å². The van der Waals surface area contributed by atoms with E-state index in [-0.39, 0.29) is 10.8 Å². The Morgan fingerprint density at radius 3 is 2.41 bits per heavy atom. The summed E-state index contributed by atoms with van der Waals surface area (Å²) in [4.78, 5) is 17.3. The molecular weight excluding hydrogens is 494 g/mol. The SMILES string of the molecule is O=C(C(O)c1cccc2c1CN(C1CC1)C2)N1CC(=C2CN(S(=O)(=O)c3ccc4c(c3)OCCO4)C2)C1. The molecule has 1 atom stereocenters. The number of hydrogen-bond acceptors (Lipinski definition) is 7. The summed E-state index contributed by atoms with van der Waals surface area (Å²) < 4.78 is 38.6. The fraction of sp³-hybridized carbons (Fsp3) is 0.444. The summed E-state index contributed by atoms with van der Waals surface area (Å²) in [6.07, 6.45) is 1.28. The molecule has 1 N–H and O–H groups in total. The summed E-state index contributed by atoms with van der Waals surface area (Å²) in [6.45, 7) is 4.04. The number of fused-ring (bicyclic) bond motifs is 2. The van der Waals surface area contributed by atoms with Gasteiger partial charge in [0, 0.05) is 51.4 Å². The van der Waals surface area contributed by atoms with E-state index in [0.717, 1.165) is 29.8 Å². The minimum Gasteiger partial charge on any atom is -0.486 e. The maximum absolute atomic E-state index is 13.1. The van der Waals surface area contributed by atoms with E-state index < -0.39 is 16.1 Å². The van der Waals surface area contributed by atoms with Gasteiger partial charge in [0.05, 0.1) is 4.90 Å². The van der Waals surface area contributed by atoms with Gasteiger partial charge in [-0.3, -0.25) is 9.69 Å². The minimum atomic E-state index is -3.64. The van der Waals surface area contributed by atoms with Crippen LogP contribution < -0.4 is 9.47 Å². The highest BCUT2D eigenvalue weighted by Gasteiger charge is 2.40. The molecule has 0 radical (unpaired) electrons. The smallest absolute Gasteiger partial charge is 0.256 e. The number of ether oxygens (including phenoxy) is 2. The van der Waals surface area contributed by atoms with Crippen molar-refractivity contribution in [3.8, 4) is 11.5 Å². The predicted octanol–water partition coefficient (Wildman–Crippen LogP) is 1.81. The Morgan fingerprint density at radius 2 is 1.65 bits per heavy atom. The minimum absolute atomic E-state index is 0.185. The van der Waals surface area contributed by atoms with Gasteiger partial charge < -0.3 is 19.5 Å². The molecule has 0 spiro atoms. The molecular formula is C27H29N3O6S. The summed E-state index contributed by atoms with van der Waals surface area (Å²) in [6, 6.07) is 11.2. The lowest BCUT2D eigenvalue weighted by Gasteiger charge is -2.42. The molecule has 0 bridgehead atoms. The number of likely N-dealkylation sites (tertiary alicyclic amines) is 1. The topological polar surface area (TPSA) is 99.6 Å². The molecule has 5 aliphatic rings. The van der Waals surface area contributed by atoms with Crippen LogP contribution in [0.1, 0.15) is 35.6 Å². The Morgan fingerprint density at radius 1 is 0.919 bits per heavy atom. The summed E-state index contributed by atoms with van der Waals surface area (Å²) in [5.74, 6) is 0.712. The van der Waals surface area contributed by atoms with Gasteiger partial charge in [-0.1, -0.05) is 18.2 Å². The Kier molecular flexibility index (Phi) is 5.37. The van der Waals surface area contributed by atoms with E-state index in [1.54, 1.807) is 17.0 Å². The van der Waals surface area contributed by atoms with Crippen molar-refractivity contribution >= 4 is 15.9 Å². The van der Waals surface area contributed by atoms with Gasteiger partial charge in [-0.15, -0.1) is 0 Å². The largest absolute Gasteiger partial charge is 0.486 e. The molecule has 9 nitrogen and oxygen atoms in total. The van der Waals surface area contributed by atoms with E-state index in [4.69, 9.17) is 9.47 Å². The third-order valence-corrected chi connectivity index (χ3v) is 9.88. The van der Waals surface area contributed by atoms with Crippen molar-refractivity contribution in [1.29, 1.82) is 0 Å². The highest BCUT2D eigenvalue weighted by atomic mass is 32.2. The van der Waals surface area contributed by atoms with E-state index in [1.165, 1.54) is 28.8 Å². The summed E-state index contributed by atoms with van der Waals surface area (Å²) in [5.41, 5.74) is 5.13. The highest BCUT2D eigenvalue weighted by Crippen LogP contribution is 2.39. The van der Waals surface area contributed by atoms with Gasteiger partial charge in [0.2, 0.25) is 10.0 Å². The van der Waals surface area contributed by atoms with Gasteiger partial charge >= 0.3 is 0 Å². The molecule has 37 heavy (non-hydrogen) atoms. The van der Waals surface area contributed by atoms with Crippen LogP contribution >= 0.6 is 0 Å². The molecule has 2 saturated heterocycles. The first-order valence-corrected chi connectivity index (χ1v) is 14.2. The number of benzene rings is 2. The van der Waals surface area contributed by atoms with E-state index in [9.17, 15) is 18.3 Å². The second-order valence-corrected chi connectivity index (χ2v) is 12.4. The van der Waals surface area contributed by atoms with Crippen molar-refractivity contribution in [2.75, 3.05) is 39.4 Å². The van der Waals surface area contributed by atoms with Crippen LogP contribution in [0.2, 0.25) is 0 Å². The quantitative estimate of drug-likeness (QED) is 0.597. The molecule has 194 valence electrons. The molecule has 1 saturated carbocycles. The molecule has 1 aliphatic carbocycles. The van der Waals surface area contributed by atoms with Crippen LogP contribution in [0.25, 0.3) is 0 Å². The first-order valence-electron chi connectivity index (χ1n) is 12.8. The standard InChI is InChI=1S/C27H29N3O6S/c31-26(22-3-1-2-17-11-28(16-23(17)22)20-4-5-20)27(32)29-12-18(13-29)19-14-30(15-19)37(33,34)21-6-7-24-25(10-21)36-9-8-35-24/h1-3,6-7,10,20,26,31H,4-5,8-9,11-16H2. The number of sulfonamides is 1. The van der Waals surface area contributed by atoms with Crippen molar-refractivity contribution < 1.29 is 27.8 Å². The van der Waals surface area contributed by atoms with Crippen LogP contribution in [-0.4, -0.2) is 79.0 Å². The summed E-state index contributed by atoms with van der Waals surface area (Å²) in [7, 11) is -3.64. The number of aliphatic hydroxyl groups excluding tert-OH is 1. The third-order valence-electron chi connectivity index (χ3n) is 8.10. The molecule has 0 aromatic heterocycles. The number of carbonyl (C=O) groups is 1. The first kappa shape index (κ1) is 23.2. The van der Waals surface area contributed by atoms with E-state index in [0.29, 0.717) is 62.5 Å². The average Bonchev–Trinajstić information content (AvgIpc) is 3.61. The molecule has 7 rings (SSSR count). The Bertz CT molecular complexity index is 1420. The predicted molar refractivity (Wildman–Crippen MR) is 133 cm³/mol. The monoisotopic (exact) mass is 523 g/mol. The molecule has 1 amide bonds. The number of aliphatic hydroxyl groups is 1. The number of carbonyl (C=O) groups excluding carboxylic acids is 1. The molecule has 4 aliphatic heterocycles. The van der Waals surface area contributed by atoms with Crippen molar-refractivity contribution in [3.05, 3.63) is 64.2 Å². The number of amides is 1. The Balaban J connectivity index is 0.985. The highest BCUT2D eigenvalue weighted by molar-refractivity contribution is 7.89. The summed E-state index contributed by atoms with van der Waals surface area (Å²) in [5, 5.41) is 11.0. The van der Waals surface area contributed by atoms with Gasteiger partial charge in [0.25, 0.3) is 5.91 Å². The lowest BCUT2D eigenvalue weighted by molar-refractivity contribution is -0.142. The van der Waals surface area contributed by atoms with Crippen LogP contribution in [0.4, 0.5) is 0 Å². The third kappa shape index (κ3) is 3.94. The number of rotatable bonds is 5. The molecule has 3 fully saturated rings. The number of nitrogens with zero attached hydrogens (tertiary/aromatic N) is 3. The van der Waals surface area contributed by atoms with Crippen LogP contribution in [-0.2, 0) is 27.9 Å². The molecule has 1 unspecified atom stereocenters. The lowest BCUT2D eigenvalue weighted by atomic mass is 9.94. The molecule has 2 aromatic rings. The summed E-state index contributed by atoms with van der Waals surface area (Å²) >= 11 is 0. The van der Waals surface area contributed by atoms with Crippen LogP contribution in [0.3, 0.4) is 0 Å². The molecule has 4 heterocycles. The van der Waals surface area contributed by atoms with Gasteiger partial charge in [0.1, 0.15) is 13.2 Å². The fourth-order valence-corrected chi connectivity index (χ4v) is 7.08. The van der Waals surface area contributed by atoms with Crippen molar-refractivity contribution in [2.45, 2.75) is 43.0 Å². The van der Waals surface area contributed by atoms with E-state index in [2.05, 4.69) is 11.0 Å². The molecule has 10 heteroatoms. The Labute approximate surface area is 215 Å². The zero-order valence-corrected chi connectivity index (χ0v) is 21.2. The zero-order chi connectivity index (χ0) is 25.3. The average molecular weight is 524 g/mol. The first-order chi connectivity index (χ1) is 17.9. The maximum Gasteiger partial charge on any atom is 0.256 e. The Hall–Kier alpha value is -2.92. The normalized spacial score (nSPS) is 22.4. The van der Waals surface area contributed by atoms with Crippen LogP contribution in [0, 0.1) is 0 Å². The van der Waals surface area contributed by atoms with Gasteiger partial charge in [-0.05, 0) is 52.8 Å². The maximum atomic E-state index is 13.1. The zero-order valence-electron chi connectivity index (χ0n) is 20.4. The second kappa shape index (κ2) is 8.56. The van der Waals surface area contributed by atoms with Crippen LogP contribution in [0.5, 0.6) is 11.5 Å². The van der Waals surface area contributed by atoms with Gasteiger partial charge in [-0.2, -0.15) is 4.31 Å². The fourth-order valence-electron chi connectivity index (χ4n) is 5.63. The van der Waals surface area contributed by atoms with E-state index >= 15 is 0 Å². The van der Waals surface area contributed by atoms with E-state index in [1.807, 2.05) is 12.1 Å². The van der Waals surface area contributed by atoms with Crippen molar-refractivity contribution in [1.82, 2.24) is 14.1 Å².